The van der Waals surface area contributed by atoms with Gasteiger partial charge in [-0.15, -0.1) is 0 Å². The van der Waals surface area contributed by atoms with E-state index < -0.39 is 0 Å². The molecule has 3 nitrogen and oxygen atoms in total. The SMILES string of the molecule is CCCCCCCCC(=O)N(O)CC. The van der Waals surface area contributed by atoms with Crippen LogP contribution in [-0.4, -0.2) is 22.7 Å². The number of carbonyl (C=O) groups is 1. The molecule has 0 rings (SSSR count). The van der Waals surface area contributed by atoms with E-state index in [0.29, 0.717) is 13.0 Å². The minimum absolute atomic E-state index is 0.150. The lowest BCUT2D eigenvalue weighted by atomic mass is 10.1. The molecule has 84 valence electrons. The molecule has 1 N–H and O–H groups in total. The van der Waals surface area contributed by atoms with Crippen molar-refractivity contribution in [3.8, 4) is 0 Å². The lowest BCUT2D eigenvalue weighted by molar-refractivity contribution is -0.164. The zero-order valence-electron chi connectivity index (χ0n) is 9.46. The fourth-order valence-corrected chi connectivity index (χ4v) is 1.36. The Morgan fingerprint density at radius 2 is 1.64 bits per heavy atom. The van der Waals surface area contributed by atoms with Crippen LogP contribution in [0, 0.1) is 0 Å². The molecule has 0 bridgehead atoms. The topological polar surface area (TPSA) is 40.5 Å². The first-order valence-corrected chi connectivity index (χ1v) is 5.71. The summed E-state index contributed by atoms with van der Waals surface area (Å²) in [6, 6.07) is 0. The third-order valence-corrected chi connectivity index (χ3v) is 2.33. The molecular weight excluding hydrogens is 178 g/mol. The van der Waals surface area contributed by atoms with Crippen molar-refractivity contribution in [2.24, 2.45) is 0 Å². The van der Waals surface area contributed by atoms with Crippen LogP contribution in [0.1, 0.15) is 58.8 Å². The zero-order chi connectivity index (χ0) is 10.8. The van der Waals surface area contributed by atoms with E-state index in [2.05, 4.69) is 6.92 Å². The molecule has 0 aromatic heterocycles. The molecular formula is C11H23NO2. The molecule has 0 saturated heterocycles. The second kappa shape index (κ2) is 9.00. The van der Waals surface area contributed by atoms with Gasteiger partial charge in [0.25, 0.3) is 0 Å². The van der Waals surface area contributed by atoms with Crippen molar-refractivity contribution in [1.82, 2.24) is 5.06 Å². The molecule has 1 amide bonds. The number of carbonyl (C=O) groups excluding carboxylic acids is 1. The quantitative estimate of drug-likeness (QED) is 0.372. The van der Waals surface area contributed by atoms with Gasteiger partial charge in [0.2, 0.25) is 5.91 Å². The van der Waals surface area contributed by atoms with Gasteiger partial charge in [0.05, 0.1) is 0 Å². The van der Waals surface area contributed by atoms with E-state index in [1.807, 2.05) is 0 Å². The van der Waals surface area contributed by atoms with Crippen LogP contribution in [0.4, 0.5) is 0 Å². The Morgan fingerprint density at radius 3 is 2.21 bits per heavy atom. The number of nitrogens with zero attached hydrogens (tertiary/aromatic N) is 1. The zero-order valence-corrected chi connectivity index (χ0v) is 9.46. The molecule has 0 fully saturated rings. The van der Waals surface area contributed by atoms with Gasteiger partial charge >= 0.3 is 0 Å². The molecule has 0 aliphatic rings. The van der Waals surface area contributed by atoms with Crippen molar-refractivity contribution in [1.29, 1.82) is 0 Å². The van der Waals surface area contributed by atoms with Crippen molar-refractivity contribution in [3.63, 3.8) is 0 Å². The normalized spacial score (nSPS) is 10.2. The van der Waals surface area contributed by atoms with E-state index in [0.717, 1.165) is 17.9 Å². The number of hydrogen-bond acceptors (Lipinski definition) is 2. The van der Waals surface area contributed by atoms with E-state index in [4.69, 9.17) is 5.21 Å². The summed E-state index contributed by atoms with van der Waals surface area (Å²) < 4.78 is 0. The molecule has 0 unspecified atom stereocenters. The monoisotopic (exact) mass is 201 g/mol. The Balaban J connectivity index is 3.23. The number of hydroxylamine groups is 2. The summed E-state index contributed by atoms with van der Waals surface area (Å²) in [5.41, 5.74) is 0. The standard InChI is InChI=1S/C11H23NO2/c1-3-5-6-7-8-9-10-11(13)12(14)4-2/h14H,3-10H2,1-2H3. The van der Waals surface area contributed by atoms with Gasteiger partial charge in [0.1, 0.15) is 0 Å². The van der Waals surface area contributed by atoms with Crippen LogP contribution in [0.5, 0.6) is 0 Å². The summed E-state index contributed by atoms with van der Waals surface area (Å²) >= 11 is 0. The molecule has 0 aliphatic carbocycles. The van der Waals surface area contributed by atoms with E-state index in [-0.39, 0.29) is 5.91 Å². The molecule has 0 aromatic carbocycles. The van der Waals surface area contributed by atoms with Gasteiger partial charge < -0.3 is 0 Å². The number of rotatable bonds is 8. The first kappa shape index (κ1) is 13.4. The molecule has 0 heterocycles. The molecule has 0 aliphatic heterocycles. The summed E-state index contributed by atoms with van der Waals surface area (Å²) in [5.74, 6) is -0.150. The summed E-state index contributed by atoms with van der Waals surface area (Å²) in [6.07, 6.45) is 7.49. The Hall–Kier alpha value is -0.570. The predicted molar refractivity (Wildman–Crippen MR) is 57.2 cm³/mol. The predicted octanol–water partition coefficient (Wildman–Crippen LogP) is 2.97. The van der Waals surface area contributed by atoms with Crippen molar-refractivity contribution in [2.45, 2.75) is 58.8 Å². The molecule has 0 atom stereocenters. The van der Waals surface area contributed by atoms with Crippen LogP contribution in [0.15, 0.2) is 0 Å². The highest BCUT2D eigenvalue weighted by atomic mass is 16.5. The second-order valence-electron chi connectivity index (χ2n) is 3.63. The van der Waals surface area contributed by atoms with E-state index >= 15 is 0 Å². The fourth-order valence-electron chi connectivity index (χ4n) is 1.36. The minimum Gasteiger partial charge on any atom is -0.286 e. The van der Waals surface area contributed by atoms with Crippen LogP contribution in [0.25, 0.3) is 0 Å². The van der Waals surface area contributed by atoms with E-state index in [1.165, 1.54) is 25.7 Å². The maximum absolute atomic E-state index is 11.1. The van der Waals surface area contributed by atoms with Gasteiger partial charge in [-0.25, -0.2) is 5.06 Å². The third-order valence-electron chi connectivity index (χ3n) is 2.33. The summed E-state index contributed by atoms with van der Waals surface area (Å²) in [4.78, 5) is 11.1. The van der Waals surface area contributed by atoms with Crippen molar-refractivity contribution in [2.75, 3.05) is 6.54 Å². The smallest absolute Gasteiger partial charge is 0.245 e. The second-order valence-corrected chi connectivity index (χ2v) is 3.63. The highest BCUT2D eigenvalue weighted by Gasteiger charge is 2.06. The Morgan fingerprint density at radius 1 is 1.07 bits per heavy atom. The molecule has 0 aromatic rings. The Kier molecular flexibility index (Phi) is 8.64. The van der Waals surface area contributed by atoms with Gasteiger partial charge in [-0.3, -0.25) is 10.0 Å². The van der Waals surface area contributed by atoms with Crippen molar-refractivity contribution < 1.29 is 10.0 Å². The van der Waals surface area contributed by atoms with Crippen LogP contribution in [0.3, 0.4) is 0 Å². The minimum atomic E-state index is -0.150. The maximum atomic E-state index is 11.1. The molecule has 0 spiro atoms. The summed E-state index contributed by atoms with van der Waals surface area (Å²) in [7, 11) is 0. The van der Waals surface area contributed by atoms with Crippen molar-refractivity contribution in [3.05, 3.63) is 0 Å². The largest absolute Gasteiger partial charge is 0.286 e. The van der Waals surface area contributed by atoms with Gasteiger partial charge in [-0.2, -0.15) is 0 Å². The number of amides is 1. The van der Waals surface area contributed by atoms with Crippen LogP contribution < -0.4 is 0 Å². The molecule has 3 heteroatoms. The van der Waals surface area contributed by atoms with E-state index in [1.54, 1.807) is 6.92 Å². The summed E-state index contributed by atoms with van der Waals surface area (Å²) in [6.45, 7) is 4.34. The maximum Gasteiger partial charge on any atom is 0.245 e. The van der Waals surface area contributed by atoms with Gasteiger partial charge in [0.15, 0.2) is 0 Å². The average Bonchev–Trinajstić information content (AvgIpc) is 2.21. The Labute approximate surface area is 87.1 Å². The van der Waals surface area contributed by atoms with Gasteiger partial charge in [0, 0.05) is 13.0 Å². The summed E-state index contributed by atoms with van der Waals surface area (Å²) in [5, 5.41) is 9.85. The van der Waals surface area contributed by atoms with Crippen molar-refractivity contribution >= 4 is 5.91 Å². The highest BCUT2D eigenvalue weighted by Crippen LogP contribution is 2.07. The van der Waals surface area contributed by atoms with Crippen LogP contribution >= 0.6 is 0 Å². The number of hydrogen-bond donors (Lipinski definition) is 1. The fraction of sp³-hybridized carbons (Fsp3) is 0.909. The molecule has 0 radical (unpaired) electrons. The Bertz CT molecular complexity index is 148. The van der Waals surface area contributed by atoms with Crippen LogP contribution in [-0.2, 0) is 4.79 Å². The highest BCUT2D eigenvalue weighted by molar-refractivity contribution is 5.74. The first-order valence-electron chi connectivity index (χ1n) is 5.71. The van der Waals surface area contributed by atoms with Gasteiger partial charge in [-0.1, -0.05) is 39.0 Å². The molecule has 0 saturated carbocycles. The van der Waals surface area contributed by atoms with E-state index in [9.17, 15) is 4.79 Å². The first-order chi connectivity index (χ1) is 6.72. The average molecular weight is 201 g/mol. The lowest BCUT2D eigenvalue weighted by Gasteiger charge is -2.11. The third kappa shape index (κ3) is 6.89. The molecule has 14 heavy (non-hydrogen) atoms. The van der Waals surface area contributed by atoms with Crippen LogP contribution in [0.2, 0.25) is 0 Å². The number of unbranched alkanes of at least 4 members (excludes halogenated alkanes) is 5. The van der Waals surface area contributed by atoms with Gasteiger partial charge in [-0.05, 0) is 13.3 Å². The lowest BCUT2D eigenvalue weighted by Crippen LogP contribution is -2.26.